The molecule has 3 aromatic rings. The van der Waals surface area contributed by atoms with Gasteiger partial charge in [0.25, 0.3) is 5.91 Å². The van der Waals surface area contributed by atoms with Gasteiger partial charge in [0.1, 0.15) is 0 Å². The zero-order valence-corrected chi connectivity index (χ0v) is 16.1. The average molecular weight is 445 g/mol. The zero-order valence-electron chi connectivity index (χ0n) is 13.1. The molecule has 0 saturated heterocycles. The van der Waals surface area contributed by atoms with Crippen LogP contribution in [0, 0.1) is 10.5 Å². The van der Waals surface area contributed by atoms with Crippen LogP contribution in [0.4, 0.5) is 5.69 Å². The first-order valence-electron chi connectivity index (χ1n) is 7.53. The van der Waals surface area contributed by atoms with E-state index in [0.29, 0.717) is 5.56 Å². The summed E-state index contributed by atoms with van der Waals surface area (Å²) in [5.74, 6) is -0.0829. The quantitative estimate of drug-likeness (QED) is 0.499. The molecule has 3 aromatic carbocycles. The Kier molecular flexibility index (Phi) is 5.58. The summed E-state index contributed by atoms with van der Waals surface area (Å²) in [5.41, 5.74) is 2.67. The Balaban J connectivity index is 1.84. The predicted octanol–water partition coefficient (Wildman–Crippen LogP) is 6.00. The highest BCUT2D eigenvalue weighted by atomic mass is 127. The summed E-state index contributed by atoms with van der Waals surface area (Å²) in [6.45, 7) is 2.02. The molecule has 3 rings (SSSR count). The minimum Gasteiger partial charge on any atom is -0.321 e. The van der Waals surface area contributed by atoms with Gasteiger partial charge in [0, 0.05) is 13.4 Å². The lowest BCUT2D eigenvalue weighted by atomic mass is 10.1. The number of hydrogen-bond acceptors (Lipinski definition) is 2. The first-order valence-corrected chi connectivity index (χ1v) is 9.42. The second-order valence-electron chi connectivity index (χ2n) is 5.35. The van der Waals surface area contributed by atoms with Crippen LogP contribution in [0.15, 0.2) is 82.6 Å². The molecule has 0 heterocycles. The van der Waals surface area contributed by atoms with E-state index in [1.165, 1.54) is 0 Å². The Bertz CT molecular complexity index is 865. The van der Waals surface area contributed by atoms with Crippen LogP contribution in [0.25, 0.3) is 0 Å². The number of anilines is 1. The number of carbonyl (C=O) groups is 1. The molecule has 4 heteroatoms. The lowest BCUT2D eigenvalue weighted by Gasteiger charge is -2.12. The van der Waals surface area contributed by atoms with Crippen LogP contribution >= 0.6 is 34.4 Å². The molecule has 0 spiro atoms. The Morgan fingerprint density at radius 3 is 2.42 bits per heavy atom. The van der Waals surface area contributed by atoms with Gasteiger partial charge in [-0.1, -0.05) is 53.7 Å². The molecule has 120 valence electrons. The number of carbonyl (C=O) groups excluding carboxylic acids is 1. The van der Waals surface area contributed by atoms with Crippen LogP contribution in [0.1, 0.15) is 15.9 Å². The number of benzene rings is 3. The average Bonchev–Trinajstić information content (AvgIpc) is 2.57. The lowest BCUT2D eigenvalue weighted by molar-refractivity contribution is 0.102. The second-order valence-corrected chi connectivity index (χ2v) is 7.63. The van der Waals surface area contributed by atoms with Gasteiger partial charge in [0.15, 0.2) is 0 Å². The van der Waals surface area contributed by atoms with E-state index in [-0.39, 0.29) is 5.91 Å². The largest absolute Gasteiger partial charge is 0.321 e. The number of hydrogen-bond donors (Lipinski definition) is 1. The van der Waals surface area contributed by atoms with Crippen molar-refractivity contribution in [2.75, 3.05) is 5.32 Å². The predicted molar refractivity (Wildman–Crippen MR) is 109 cm³/mol. The molecule has 0 atom stereocenters. The molecule has 0 bridgehead atoms. The molecular formula is C20H16INOS. The van der Waals surface area contributed by atoms with Crippen LogP contribution < -0.4 is 5.32 Å². The van der Waals surface area contributed by atoms with Gasteiger partial charge in [-0.05, 0) is 65.9 Å². The van der Waals surface area contributed by atoms with Crippen LogP contribution in [-0.2, 0) is 0 Å². The smallest absolute Gasteiger partial charge is 0.256 e. The summed E-state index contributed by atoms with van der Waals surface area (Å²) in [7, 11) is 0. The van der Waals surface area contributed by atoms with Crippen molar-refractivity contribution < 1.29 is 4.79 Å². The lowest BCUT2D eigenvalue weighted by Crippen LogP contribution is -2.14. The first kappa shape index (κ1) is 17.0. The SMILES string of the molecule is Cc1ccc(C(=O)Nc2ccccc2Sc2ccccc2)c(I)c1. The molecule has 0 aliphatic rings. The highest BCUT2D eigenvalue weighted by Gasteiger charge is 2.12. The Labute approximate surface area is 159 Å². The molecular weight excluding hydrogens is 429 g/mol. The maximum absolute atomic E-state index is 12.6. The molecule has 2 nitrogen and oxygen atoms in total. The highest BCUT2D eigenvalue weighted by molar-refractivity contribution is 14.1. The third kappa shape index (κ3) is 4.19. The van der Waals surface area contributed by atoms with E-state index in [1.54, 1.807) is 11.8 Å². The van der Waals surface area contributed by atoms with E-state index in [9.17, 15) is 4.79 Å². The van der Waals surface area contributed by atoms with Gasteiger partial charge in [-0.3, -0.25) is 4.79 Å². The molecule has 0 fully saturated rings. The van der Waals surface area contributed by atoms with E-state index in [4.69, 9.17) is 0 Å². The van der Waals surface area contributed by atoms with Crippen LogP contribution in [-0.4, -0.2) is 5.91 Å². The normalized spacial score (nSPS) is 10.4. The Hall–Kier alpha value is -1.79. The highest BCUT2D eigenvalue weighted by Crippen LogP contribution is 2.33. The summed E-state index contributed by atoms with van der Waals surface area (Å²) in [5, 5.41) is 3.04. The molecule has 1 amide bonds. The third-order valence-corrected chi connectivity index (χ3v) is 5.45. The van der Waals surface area contributed by atoms with Gasteiger partial charge in [0.2, 0.25) is 0 Å². The van der Waals surface area contributed by atoms with E-state index in [0.717, 1.165) is 24.6 Å². The topological polar surface area (TPSA) is 29.1 Å². The number of para-hydroxylation sites is 1. The summed E-state index contributed by atoms with van der Waals surface area (Å²) in [4.78, 5) is 14.8. The van der Waals surface area contributed by atoms with Gasteiger partial charge < -0.3 is 5.32 Å². The van der Waals surface area contributed by atoms with Crippen molar-refractivity contribution in [2.24, 2.45) is 0 Å². The summed E-state index contributed by atoms with van der Waals surface area (Å²) in [6, 6.07) is 23.9. The van der Waals surface area contributed by atoms with Crippen LogP contribution in [0.3, 0.4) is 0 Å². The van der Waals surface area contributed by atoms with Crippen molar-refractivity contribution in [3.8, 4) is 0 Å². The van der Waals surface area contributed by atoms with Crippen molar-refractivity contribution in [1.29, 1.82) is 0 Å². The minimum atomic E-state index is -0.0829. The number of aryl methyl sites for hydroxylation is 1. The fraction of sp³-hybridized carbons (Fsp3) is 0.0500. The first-order chi connectivity index (χ1) is 11.6. The van der Waals surface area contributed by atoms with E-state index in [2.05, 4.69) is 40.0 Å². The molecule has 1 N–H and O–H groups in total. The fourth-order valence-electron chi connectivity index (χ4n) is 2.27. The van der Waals surface area contributed by atoms with Gasteiger partial charge in [-0.25, -0.2) is 0 Å². The van der Waals surface area contributed by atoms with Crippen molar-refractivity contribution in [3.05, 3.63) is 87.5 Å². The monoisotopic (exact) mass is 445 g/mol. The third-order valence-electron chi connectivity index (χ3n) is 3.48. The van der Waals surface area contributed by atoms with Gasteiger partial charge >= 0.3 is 0 Å². The molecule has 0 unspecified atom stereocenters. The van der Waals surface area contributed by atoms with Gasteiger partial charge in [0.05, 0.1) is 11.3 Å². The molecule has 0 aliphatic carbocycles. The number of amides is 1. The summed E-state index contributed by atoms with van der Waals surface area (Å²) in [6.07, 6.45) is 0. The maximum atomic E-state index is 12.6. The van der Waals surface area contributed by atoms with Gasteiger partial charge in [-0.15, -0.1) is 0 Å². The second kappa shape index (κ2) is 7.85. The van der Waals surface area contributed by atoms with Crippen molar-refractivity contribution in [1.82, 2.24) is 0 Å². The Morgan fingerprint density at radius 1 is 0.958 bits per heavy atom. The van der Waals surface area contributed by atoms with E-state index in [1.807, 2.05) is 67.6 Å². The minimum absolute atomic E-state index is 0.0829. The van der Waals surface area contributed by atoms with Crippen molar-refractivity contribution in [2.45, 2.75) is 16.7 Å². The van der Waals surface area contributed by atoms with E-state index >= 15 is 0 Å². The van der Waals surface area contributed by atoms with Gasteiger partial charge in [-0.2, -0.15) is 0 Å². The van der Waals surface area contributed by atoms with Crippen molar-refractivity contribution >= 4 is 45.9 Å². The number of nitrogens with one attached hydrogen (secondary N) is 1. The number of rotatable bonds is 4. The molecule has 24 heavy (non-hydrogen) atoms. The summed E-state index contributed by atoms with van der Waals surface area (Å²) >= 11 is 3.85. The molecule has 0 saturated carbocycles. The molecule has 0 radical (unpaired) electrons. The maximum Gasteiger partial charge on any atom is 0.256 e. The zero-order chi connectivity index (χ0) is 16.9. The standard InChI is InChI=1S/C20H16INOS/c1-14-11-12-16(17(21)13-14)20(23)22-18-9-5-6-10-19(18)24-15-7-3-2-4-8-15/h2-13H,1H3,(H,22,23). The van der Waals surface area contributed by atoms with Crippen LogP contribution in [0.2, 0.25) is 0 Å². The molecule has 0 aliphatic heterocycles. The van der Waals surface area contributed by atoms with E-state index < -0.39 is 0 Å². The molecule has 0 aromatic heterocycles. The summed E-state index contributed by atoms with van der Waals surface area (Å²) < 4.78 is 0.957. The van der Waals surface area contributed by atoms with Crippen LogP contribution in [0.5, 0.6) is 0 Å². The van der Waals surface area contributed by atoms with Crippen molar-refractivity contribution in [3.63, 3.8) is 0 Å². The number of halogens is 1. The fourth-order valence-corrected chi connectivity index (χ4v) is 4.11. The Morgan fingerprint density at radius 2 is 1.67 bits per heavy atom.